The van der Waals surface area contributed by atoms with Gasteiger partial charge in [0.25, 0.3) is 0 Å². The molecule has 0 aliphatic rings. The van der Waals surface area contributed by atoms with Crippen LogP contribution >= 0.6 is 0 Å². The number of hydrogen-bond donors (Lipinski definition) is 5. The Labute approximate surface area is 214 Å². The van der Waals surface area contributed by atoms with E-state index in [4.69, 9.17) is 10.1 Å². The normalized spacial score (nSPS) is 13.0. The van der Waals surface area contributed by atoms with Gasteiger partial charge in [-0.05, 0) is 31.4 Å². The smallest absolute Gasteiger partial charge is 0.328 e. The number of para-hydroxylation sites is 1. The van der Waals surface area contributed by atoms with Crippen molar-refractivity contribution in [2.75, 3.05) is 6.61 Å². The number of benzene rings is 1. The minimum atomic E-state index is -1.21. The predicted octanol–water partition coefficient (Wildman–Crippen LogP) is 1.32. The average molecular weight is 512 g/mol. The summed E-state index contributed by atoms with van der Waals surface area (Å²) < 4.78 is 4.99. The number of fused-ring (bicyclic) bond motifs is 1. The Hall–Kier alpha value is -4.28. The molecular formula is C26H33N5O6. The van der Waals surface area contributed by atoms with E-state index in [0.717, 1.165) is 16.5 Å². The maximum Gasteiger partial charge on any atom is 0.328 e. The van der Waals surface area contributed by atoms with Gasteiger partial charge in [0.05, 0.1) is 12.8 Å². The molecule has 1 aromatic carbocycles. The number of carbonyl (C=O) groups is 5. The van der Waals surface area contributed by atoms with E-state index >= 15 is 0 Å². The van der Waals surface area contributed by atoms with Gasteiger partial charge in [-0.2, -0.15) is 0 Å². The second-order valence-electron chi connectivity index (χ2n) is 8.36. The molecular weight excluding hydrogens is 478 g/mol. The van der Waals surface area contributed by atoms with Crippen molar-refractivity contribution in [2.24, 2.45) is 0 Å². The minimum Gasteiger partial charge on any atom is -0.464 e. The fourth-order valence-corrected chi connectivity index (χ4v) is 3.77. The van der Waals surface area contributed by atoms with Gasteiger partial charge < -0.3 is 31.1 Å². The van der Waals surface area contributed by atoms with Crippen LogP contribution < -0.4 is 16.0 Å². The van der Waals surface area contributed by atoms with Crippen LogP contribution in [0.1, 0.15) is 38.7 Å². The number of amides is 3. The van der Waals surface area contributed by atoms with Crippen LogP contribution in [0.2, 0.25) is 0 Å². The first-order chi connectivity index (χ1) is 17.7. The quantitative estimate of drug-likeness (QED) is 0.137. The second kappa shape index (κ2) is 14.3. The Balaban J connectivity index is 2.25. The zero-order chi connectivity index (χ0) is 27.4. The van der Waals surface area contributed by atoms with E-state index < -0.39 is 47.6 Å². The van der Waals surface area contributed by atoms with Crippen molar-refractivity contribution in [1.82, 2.24) is 20.9 Å². The van der Waals surface area contributed by atoms with Crippen LogP contribution in [-0.4, -0.2) is 65.4 Å². The number of ether oxygens (including phenoxy) is 1. The van der Waals surface area contributed by atoms with Crippen LogP contribution in [0.5, 0.6) is 0 Å². The zero-order valence-electron chi connectivity index (χ0n) is 21.0. The van der Waals surface area contributed by atoms with Gasteiger partial charge in [-0.15, -0.1) is 6.58 Å². The molecule has 1 aromatic heterocycles. The van der Waals surface area contributed by atoms with Crippen LogP contribution in [-0.2, 0) is 35.1 Å². The van der Waals surface area contributed by atoms with Gasteiger partial charge >= 0.3 is 5.97 Å². The number of nitrogens with one attached hydrogen (secondary N) is 5. The summed E-state index contributed by atoms with van der Waals surface area (Å²) in [5, 5.41) is 15.7. The molecule has 0 fully saturated rings. The molecule has 0 spiro atoms. The van der Waals surface area contributed by atoms with E-state index in [9.17, 15) is 24.0 Å². The van der Waals surface area contributed by atoms with E-state index in [0.29, 0.717) is 6.21 Å². The van der Waals surface area contributed by atoms with Crippen molar-refractivity contribution in [2.45, 2.75) is 57.7 Å². The van der Waals surface area contributed by atoms with E-state index in [-0.39, 0.29) is 32.3 Å². The highest BCUT2D eigenvalue weighted by molar-refractivity contribution is 6.26. The Morgan fingerprint density at radius 3 is 2.38 bits per heavy atom. The monoisotopic (exact) mass is 511 g/mol. The highest BCUT2D eigenvalue weighted by Crippen LogP contribution is 2.19. The van der Waals surface area contributed by atoms with E-state index in [2.05, 4.69) is 27.5 Å². The molecule has 0 radical (unpaired) electrons. The lowest BCUT2D eigenvalue weighted by Gasteiger charge is -2.24. The molecule has 37 heavy (non-hydrogen) atoms. The lowest BCUT2D eigenvalue weighted by Crippen LogP contribution is -2.56. The van der Waals surface area contributed by atoms with Crippen molar-refractivity contribution >= 4 is 46.6 Å². The molecule has 3 amide bonds. The molecule has 1 unspecified atom stereocenters. The standard InChI is InChI=1S/C26H33N5O6/c1-4-8-22(26(36)37-5-2)31-24(34)21(12-11-18(33)14-27)30-25(35)23(29-16(3)32)13-17-15-28-20-10-7-6-9-19(17)20/h4,6-7,9-10,14-15,21-23,27-28H,1,5,8,11-13H2,2-3H3,(H,29,32)(H,30,35)(H,31,34)/t21-,22?,23-/m0/s1. The summed E-state index contributed by atoms with van der Waals surface area (Å²) in [4.78, 5) is 65.3. The molecule has 11 heteroatoms. The number of Topliss-reactive ketones (excluding diaryl/α,β-unsaturated/α-hetero) is 1. The predicted molar refractivity (Wildman–Crippen MR) is 138 cm³/mol. The molecule has 0 bridgehead atoms. The number of H-pyrrole nitrogens is 1. The first kappa shape index (κ1) is 29.0. The van der Waals surface area contributed by atoms with Crippen LogP contribution in [0.25, 0.3) is 10.9 Å². The van der Waals surface area contributed by atoms with Crippen molar-refractivity contribution in [3.8, 4) is 0 Å². The highest BCUT2D eigenvalue weighted by Gasteiger charge is 2.30. The van der Waals surface area contributed by atoms with E-state index in [1.165, 1.54) is 13.0 Å². The molecule has 3 atom stereocenters. The van der Waals surface area contributed by atoms with Gasteiger partial charge in [-0.3, -0.25) is 19.2 Å². The summed E-state index contributed by atoms with van der Waals surface area (Å²) in [5.41, 5.74) is 1.66. The highest BCUT2D eigenvalue weighted by atomic mass is 16.5. The van der Waals surface area contributed by atoms with Gasteiger partial charge in [0.1, 0.15) is 18.1 Å². The van der Waals surface area contributed by atoms with Crippen LogP contribution in [0.15, 0.2) is 43.1 Å². The molecule has 2 aromatic rings. The van der Waals surface area contributed by atoms with Gasteiger partial charge in [-0.25, -0.2) is 4.79 Å². The number of aromatic nitrogens is 1. The number of esters is 1. The molecule has 11 nitrogen and oxygen atoms in total. The van der Waals surface area contributed by atoms with Crippen molar-refractivity contribution in [3.05, 3.63) is 48.7 Å². The maximum atomic E-state index is 13.3. The maximum absolute atomic E-state index is 13.3. The lowest BCUT2D eigenvalue weighted by molar-refractivity contribution is -0.147. The molecule has 0 aliphatic heterocycles. The molecule has 0 saturated carbocycles. The minimum absolute atomic E-state index is 0.0970. The van der Waals surface area contributed by atoms with Crippen molar-refractivity contribution in [1.29, 1.82) is 5.41 Å². The Morgan fingerprint density at radius 2 is 1.73 bits per heavy atom. The average Bonchev–Trinajstić information content (AvgIpc) is 3.28. The SMILES string of the molecule is C=CCC(NC(=O)[C@H](CCC(=O)C=N)NC(=O)[C@H](Cc1c[nH]c2ccccc12)NC(C)=O)C(=O)OCC. The zero-order valence-corrected chi connectivity index (χ0v) is 21.0. The first-order valence-electron chi connectivity index (χ1n) is 11.9. The number of hydrogen-bond acceptors (Lipinski definition) is 7. The molecule has 2 rings (SSSR count). The van der Waals surface area contributed by atoms with E-state index in [1.807, 2.05) is 24.3 Å². The van der Waals surface area contributed by atoms with Gasteiger partial charge in [0.15, 0.2) is 5.78 Å². The molecule has 5 N–H and O–H groups in total. The van der Waals surface area contributed by atoms with Crippen LogP contribution in [0.3, 0.4) is 0 Å². The first-order valence-corrected chi connectivity index (χ1v) is 11.9. The Kier molecular flexibility index (Phi) is 11.2. The van der Waals surface area contributed by atoms with Crippen LogP contribution in [0, 0.1) is 5.41 Å². The molecule has 198 valence electrons. The molecule has 1 heterocycles. The second-order valence-corrected chi connectivity index (χ2v) is 8.36. The third-order valence-electron chi connectivity index (χ3n) is 5.56. The third kappa shape index (κ3) is 8.71. The summed E-state index contributed by atoms with van der Waals surface area (Å²) in [6.07, 6.45) is 3.77. The summed E-state index contributed by atoms with van der Waals surface area (Å²) in [7, 11) is 0. The summed E-state index contributed by atoms with van der Waals surface area (Å²) in [6, 6.07) is 4.25. The van der Waals surface area contributed by atoms with Crippen molar-refractivity contribution < 1.29 is 28.7 Å². The fourth-order valence-electron chi connectivity index (χ4n) is 3.77. The number of carbonyl (C=O) groups excluding carboxylic acids is 5. The lowest BCUT2D eigenvalue weighted by atomic mass is 10.0. The van der Waals surface area contributed by atoms with Gasteiger partial charge in [-0.1, -0.05) is 24.3 Å². The van der Waals surface area contributed by atoms with E-state index in [1.54, 1.807) is 13.1 Å². The number of rotatable bonds is 15. The number of aromatic amines is 1. The summed E-state index contributed by atoms with van der Waals surface area (Å²) in [6.45, 7) is 6.61. The fraction of sp³-hybridized carbons (Fsp3) is 0.385. The van der Waals surface area contributed by atoms with Gasteiger partial charge in [0.2, 0.25) is 17.7 Å². The topological polar surface area (TPSA) is 170 Å². The van der Waals surface area contributed by atoms with Crippen molar-refractivity contribution in [3.63, 3.8) is 0 Å². The largest absolute Gasteiger partial charge is 0.464 e. The molecule has 0 aliphatic carbocycles. The van der Waals surface area contributed by atoms with Crippen LogP contribution in [0.4, 0.5) is 0 Å². The number of ketones is 1. The Morgan fingerprint density at radius 1 is 1.05 bits per heavy atom. The third-order valence-corrected chi connectivity index (χ3v) is 5.56. The Bertz CT molecular complexity index is 1160. The van der Waals surface area contributed by atoms with Gasteiger partial charge in [0, 0.05) is 36.9 Å². The summed E-state index contributed by atoms with van der Waals surface area (Å²) >= 11 is 0. The molecule has 0 saturated heterocycles. The summed E-state index contributed by atoms with van der Waals surface area (Å²) in [5.74, 6) is -2.98.